The number of nitrogens with one attached hydrogen (secondary N) is 1. The zero-order chi connectivity index (χ0) is 20.1. The van der Waals surface area contributed by atoms with Crippen molar-refractivity contribution in [2.24, 2.45) is 0 Å². The van der Waals surface area contributed by atoms with Crippen molar-refractivity contribution in [2.45, 2.75) is 51.0 Å². The summed E-state index contributed by atoms with van der Waals surface area (Å²) in [5, 5.41) is 22.0. The molecule has 27 heavy (non-hydrogen) atoms. The number of para-hydroxylation sites is 1. The van der Waals surface area contributed by atoms with Crippen molar-refractivity contribution in [3.05, 3.63) is 30.3 Å². The molecule has 1 fully saturated rings. The third kappa shape index (κ3) is 6.02. The van der Waals surface area contributed by atoms with Crippen LogP contribution in [0.1, 0.15) is 27.2 Å². The quantitative estimate of drug-likeness (QED) is 0.423. The van der Waals surface area contributed by atoms with E-state index in [1.165, 1.54) is 0 Å². The zero-order valence-corrected chi connectivity index (χ0v) is 16.7. The van der Waals surface area contributed by atoms with Crippen molar-refractivity contribution < 1.29 is 33.6 Å². The summed E-state index contributed by atoms with van der Waals surface area (Å²) in [5.74, 6) is -0.173. The van der Waals surface area contributed by atoms with Crippen LogP contribution in [0, 0.1) is 0 Å². The van der Waals surface area contributed by atoms with E-state index in [1.807, 2.05) is 0 Å². The topological polar surface area (TPSA) is 114 Å². The smallest absolute Gasteiger partial charge is 0.326 e. The Morgan fingerprint density at radius 3 is 2.59 bits per heavy atom. The minimum absolute atomic E-state index is 0.0711. The Morgan fingerprint density at radius 1 is 1.37 bits per heavy atom. The Balaban J connectivity index is 2.20. The molecule has 0 spiro atoms. The van der Waals surface area contributed by atoms with Gasteiger partial charge in [0.1, 0.15) is 17.4 Å². The molecule has 0 saturated carbocycles. The molecule has 1 heterocycles. The van der Waals surface area contributed by atoms with E-state index in [9.17, 15) is 19.6 Å². The van der Waals surface area contributed by atoms with Gasteiger partial charge in [-0.2, -0.15) is 0 Å². The molecule has 0 bridgehead atoms. The van der Waals surface area contributed by atoms with E-state index < -0.39 is 37.3 Å². The van der Waals surface area contributed by atoms with Crippen LogP contribution in [0.25, 0.3) is 0 Å². The number of aliphatic hydroxyl groups is 2. The van der Waals surface area contributed by atoms with Gasteiger partial charge in [-0.05, 0) is 32.9 Å². The van der Waals surface area contributed by atoms with E-state index in [0.29, 0.717) is 5.75 Å². The number of hydrogen-bond acceptors (Lipinski definition) is 7. The first-order valence-corrected chi connectivity index (χ1v) is 10.7. The van der Waals surface area contributed by atoms with Crippen molar-refractivity contribution in [1.29, 1.82) is 0 Å². The summed E-state index contributed by atoms with van der Waals surface area (Å²) in [6.07, 6.45) is -2.01. The monoisotopic (exact) mass is 401 g/mol. The summed E-state index contributed by atoms with van der Waals surface area (Å²) in [5.41, 5.74) is -1.26. The molecule has 1 aliphatic rings. The molecule has 1 aromatic carbocycles. The Kier molecular flexibility index (Phi) is 7.42. The van der Waals surface area contributed by atoms with Crippen LogP contribution in [0.15, 0.2) is 30.3 Å². The summed E-state index contributed by atoms with van der Waals surface area (Å²) in [7, 11) is -3.62. The van der Waals surface area contributed by atoms with Gasteiger partial charge in [-0.25, -0.2) is 5.09 Å². The van der Waals surface area contributed by atoms with E-state index in [4.69, 9.17) is 14.0 Å². The number of aliphatic hydroxyl groups excluding tert-OH is 2. The third-order valence-corrected chi connectivity index (χ3v) is 6.45. The van der Waals surface area contributed by atoms with Gasteiger partial charge in [0, 0.05) is 6.42 Å². The molecule has 2 unspecified atom stereocenters. The Bertz CT molecular complexity index is 667. The lowest BCUT2D eigenvalue weighted by Gasteiger charge is -2.31. The van der Waals surface area contributed by atoms with E-state index in [1.54, 1.807) is 51.1 Å². The summed E-state index contributed by atoms with van der Waals surface area (Å²) in [6, 6.07) is 8.61. The molecule has 0 radical (unpaired) electrons. The SMILES string of the molecule is CCOC(=O)C(C)(C)NP(=O)(CC1C[C@H](O)[C@@H](CO)O1)Oc1ccccc1. The Labute approximate surface area is 159 Å². The van der Waals surface area contributed by atoms with Crippen molar-refractivity contribution in [2.75, 3.05) is 19.4 Å². The molecule has 152 valence electrons. The molecule has 1 aliphatic heterocycles. The number of carbonyl (C=O) groups excluding carboxylic acids is 1. The number of benzene rings is 1. The fourth-order valence-electron chi connectivity index (χ4n) is 2.91. The van der Waals surface area contributed by atoms with Crippen molar-refractivity contribution in [1.82, 2.24) is 5.09 Å². The first kappa shape index (κ1) is 21.9. The van der Waals surface area contributed by atoms with Crippen LogP contribution in [-0.4, -0.2) is 59.4 Å². The van der Waals surface area contributed by atoms with Gasteiger partial charge in [-0.15, -0.1) is 0 Å². The minimum Gasteiger partial charge on any atom is -0.465 e. The van der Waals surface area contributed by atoms with Crippen LogP contribution in [0.5, 0.6) is 5.75 Å². The van der Waals surface area contributed by atoms with Gasteiger partial charge in [0.2, 0.25) is 0 Å². The first-order chi connectivity index (χ1) is 12.7. The first-order valence-electron chi connectivity index (χ1n) is 8.94. The van der Waals surface area contributed by atoms with Gasteiger partial charge >= 0.3 is 13.5 Å². The second-order valence-electron chi connectivity index (χ2n) is 7.00. The molecular formula is C18H28NO7P. The molecule has 9 heteroatoms. The summed E-state index contributed by atoms with van der Waals surface area (Å²) >= 11 is 0. The molecule has 1 saturated heterocycles. The van der Waals surface area contributed by atoms with E-state index in [-0.39, 0.29) is 25.8 Å². The van der Waals surface area contributed by atoms with Crippen LogP contribution in [0.2, 0.25) is 0 Å². The van der Waals surface area contributed by atoms with E-state index in [2.05, 4.69) is 5.09 Å². The van der Waals surface area contributed by atoms with Gasteiger partial charge in [0.15, 0.2) is 0 Å². The highest BCUT2D eigenvalue weighted by Crippen LogP contribution is 2.47. The highest BCUT2D eigenvalue weighted by molar-refractivity contribution is 7.57. The van der Waals surface area contributed by atoms with Gasteiger partial charge in [-0.3, -0.25) is 9.36 Å². The highest BCUT2D eigenvalue weighted by Gasteiger charge is 2.43. The highest BCUT2D eigenvalue weighted by atomic mass is 31.2. The van der Waals surface area contributed by atoms with Crippen LogP contribution in [0.4, 0.5) is 0 Å². The number of ether oxygens (including phenoxy) is 2. The van der Waals surface area contributed by atoms with E-state index in [0.717, 1.165) is 0 Å². The van der Waals surface area contributed by atoms with Crippen molar-refractivity contribution in [3.63, 3.8) is 0 Å². The average molecular weight is 401 g/mol. The molecule has 8 nitrogen and oxygen atoms in total. The summed E-state index contributed by atoms with van der Waals surface area (Å²) in [4.78, 5) is 12.2. The fraction of sp³-hybridized carbons (Fsp3) is 0.611. The lowest BCUT2D eigenvalue weighted by molar-refractivity contribution is -0.149. The molecule has 4 atom stereocenters. The van der Waals surface area contributed by atoms with Gasteiger partial charge in [0.05, 0.1) is 31.6 Å². The minimum atomic E-state index is -3.62. The molecule has 0 aliphatic carbocycles. The molecule has 2 rings (SSSR count). The maximum absolute atomic E-state index is 13.6. The number of carbonyl (C=O) groups is 1. The molecule has 3 N–H and O–H groups in total. The van der Waals surface area contributed by atoms with Crippen molar-refractivity contribution >= 4 is 13.5 Å². The van der Waals surface area contributed by atoms with Crippen LogP contribution in [0.3, 0.4) is 0 Å². The summed E-state index contributed by atoms with van der Waals surface area (Å²) < 4.78 is 30.0. The lowest BCUT2D eigenvalue weighted by atomic mass is 10.1. The zero-order valence-electron chi connectivity index (χ0n) is 15.8. The normalized spacial score (nSPS) is 25.0. The number of esters is 1. The summed E-state index contributed by atoms with van der Waals surface area (Å²) in [6.45, 7) is 4.68. The fourth-order valence-corrected chi connectivity index (χ4v) is 5.29. The molecule has 0 amide bonds. The van der Waals surface area contributed by atoms with Gasteiger partial charge < -0.3 is 24.2 Å². The second kappa shape index (κ2) is 9.17. The van der Waals surface area contributed by atoms with E-state index >= 15 is 0 Å². The van der Waals surface area contributed by atoms with Crippen LogP contribution in [-0.2, 0) is 18.8 Å². The predicted octanol–water partition coefficient (Wildman–Crippen LogP) is 1.70. The molecular weight excluding hydrogens is 373 g/mol. The molecule has 0 aromatic heterocycles. The Hall–Kier alpha value is -1.44. The lowest BCUT2D eigenvalue weighted by Crippen LogP contribution is -2.47. The Morgan fingerprint density at radius 2 is 2.04 bits per heavy atom. The van der Waals surface area contributed by atoms with Crippen molar-refractivity contribution in [3.8, 4) is 5.75 Å². The average Bonchev–Trinajstić information content (AvgIpc) is 2.94. The standard InChI is InChI=1S/C18H28NO7P/c1-4-24-17(22)18(2,3)19-27(23,26-13-8-6-5-7-9-13)12-14-10-15(21)16(11-20)25-14/h5-9,14-16,20-21H,4,10-12H2,1-3H3,(H,19,23)/t14?,15-,16+,27?/m0/s1. The van der Waals surface area contributed by atoms with Crippen LogP contribution < -0.4 is 9.61 Å². The number of hydrogen-bond donors (Lipinski definition) is 3. The predicted molar refractivity (Wildman–Crippen MR) is 99.8 cm³/mol. The second-order valence-corrected chi connectivity index (χ2v) is 9.12. The van der Waals surface area contributed by atoms with Gasteiger partial charge in [0.25, 0.3) is 0 Å². The van der Waals surface area contributed by atoms with Gasteiger partial charge in [-0.1, -0.05) is 18.2 Å². The molecule has 1 aromatic rings. The third-order valence-electron chi connectivity index (χ3n) is 4.16. The maximum atomic E-state index is 13.6. The number of rotatable bonds is 9. The van der Waals surface area contributed by atoms with Crippen LogP contribution >= 0.6 is 7.52 Å². The maximum Gasteiger partial charge on any atom is 0.326 e. The largest absolute Gasteiger partial charge is 0.465 e.